The van der Waals surface area contributed by atoms with Crippen LogP contribution in [0.25, 0.3) is 0 Å². The summed E-state index contributed by atoms with van der Waals surface area (Å²) in [6, 6.07) is 0. The molecule has 0 radical (unpaired) electrons. The normalized spacial score (nSPS) is 19.9. The van der Waals surface area contributed by atoms with E-state index in [1.54, 1.807) is 0 Å². The SMILES string of the molecule is CC1(C)C(OC(=O)O)(OC(=O)O)CC1(OC(=O)O)OC(=O)O. The molecule has 0 unspecified atom stereocenters. The molecule has 1 fully saturated rings. The van der Waals surface area contributed by atoms with Crippen LogP contribution in [0.3, 0.4) is 0 Å². The van der Waals surface area contributed by atoms with Gasteiger partial charge in [0, 0.05) is 0 Å². The largest absolute Gasteiger partial charge is 0.509 e. The van der Waals surface area contributed by atoms with Crippen LogP contribution in [0, 0.1) is 5.41 Å². The van der Waals surface area contributed by atoms with Gasteiger partial charge in [-0.2, -0.15) is 0 Å². The molecular formula is C10H12O12. The molecule has 1 aliphatic rings. The average molecular weight is 324 g/mol. The maximum Gasteiger partial charge on any atom is 0.509 e. The maximum atomic E-state index is 10.7. The molecule has 1 aliphatic carbocycles. The van der Waals surface area contributed by atoms with Crippen LogP contribution in [-0.2, 0) is 18.9 Å². The fourth-order valence-corrected chi connectivity index (χ4v) is 2.19. The highest BCUT2D eigenvalue weighted by Crippen LogP contribution is 2.62. The Bertz CT molecular complexity index is 444. The molecule has 0 aromatic rings. The van der Waals surface area contributed by atoms with E-state index in [1.807, 2.05) is 0 Å². The maximum absolute atomic E-state index is 10.7. The van der Waals surface area contributed by atoms with Crippen LogP contribution in [0.15, 0.2) is 0 Å². The molecule has 4 N–H and O–H groups in total. The van der Waals surface area contributed by atoms with Gasteiger partial charge in [-0.1, -0.05) is 0 Å². The number of ether oxygens (including phenoxy) is 4. The lowest BCUT2D eigenvalue weighted by Crippen LogP contribution is -2.77. The second kappa shape index (κ2) is 5.13. The van der Waals surface area contributed by atoms with E-state index in [-0.39, 0.29) is 0 Å². The fraction of sp³-hybridized carbons (Fsp3) is 0.600. The monoisotopic (exact) mass is 324 g/mol. The van der Waals surface area contributed by atoms with Crippen molar-refractivity contribution in [1.82, 2.24) is 0 Å². The molecule has 12 heteroatoms. The molecule has 12 nitrogen and oxygen atoms in total. The van der Waals surface area contributed by atoms with E-state index in [2.05, 4.69) is 18.9 Å². The summed E-state index contributed by atoms with van der Waals surface area (Å²) < 4.78 is 17.5. The number of hydrogen-bond acceptors (Lipinski definition) is 8. The smallest absolute Gasteiger partial charge is 0.450 e. The molecule has 0 atom stereocenters. The Morgan fingerprint density at radius 2 is 0.909 bits per heavy atom. The van der Waals surface area contributed by atoms with Crippen molar-refractivity contribution in [2.45, 2.75) is 31.8 Å². The fourth-order valence-electron chi connectivity index (χ4n) is 2.19. The van der Waals surface area contributed by atoms with Crippen molar-refractivity contribution in [3.8, 4) is 0 Å². The molecule has 124 valence electrons. The van der Waals surface area contributed by atoms with E-state index in [1.165, 1.54) is 0 Å². The molecule has 1 rings (SSSR count). The van der Waals surface area contributed by atoms with Crippen molar-refractivity contribution in [3.05, 3.63) is 0 Å². The summed E-state index contributed by atoms with van der Waals surface area (Å²) in [5.74, 6) is -4.81. The van der Waals surface area contributed by atoms with Crippen LogP contribution in [0.1, 0.15) is 20.3 Å². The number of rotatable bonds is 4. The summed E-state index contributed by atoms with van der Waals surface area (Å²) in [5.41, 5.74) is -1.94. The minimum absolute atomic E-state index is 0.940. The van der Waals surface area contributed by atoms with Crippen LogP contribution < -0.4 is 0 Å². The number of carbonyl (C=O) groups is 4. The summed E-state index contributed by atoms with van der Waals surface area (Å²) >= 11 is 0. The Morgan fingerprint density at radius 3 is 1.05 bits per heavy atom. The van der Waals surface area contributed by atoms with Crippen LogP contribution in [0.2, 0.25) is 0 Å². The van der Waals surface area contributed by atoms with Gasteiger partial charge in [0.1, 0.15) is 11.8 Å². The van der Waals surface area contributed by atoms with Gasteiger partial charge in [0.25, 0.3) is 11.6 Å². The van der Waals surface area contributed by atoms with Gasteiger partial charge in [-0.25, -0.2) is 19.2 Å². The highest BCUT2D eigenvalue weighted by molar-refractivity contribution is 5.64. The molecule has 0 spiro atoms. The molecule has 0 amide bonds. The summed E-state index contributed by atoms with van der Waals surface area (Å²) in [5, 5.41) is 34.7. The average Bonchev–Trinajstić information content (AvgIpc) is 2.24. The quantitative estimate of drug-likeness (QED) is 0.432. The molecule has 0 heterocycles. The third-order valence-corrected chi connectivity index (χ3v) is 3.38. The predicted octanol–water partition coefficient (Wildman–Crippen LogP) is 1.59. The van der Waals surface area contributed by atoms with Gasteiger partial charge in [-0.05, 0) is 13.8 Å². The van der Waals surface area contributed by atoms with Crippen LogP contribution in [0.4, 0.5) is 19.2 Å². The van der Waals surface area contributed by atoms with Crippen LogP contribution >= 0.6 is 0 Å². The second-order valence-corrected chi connectivity index (χ2v) is 4.78. The molecule has 0 aliphatic heterocycles. The third-order valence-electron chi connectivity index (χ3n) is 3.38. The zero-order chi connectivity index (χ0) is 17.3. The highest BCUT2D eigenvalue weighted by atomic mass is 16.8. The van der Waals surface area contributed by atoms with Gasteiger partial charge in [-0.3, -0.25) is 0 Å². The summed E-state index contributed by atoms with van der Waals surface area (Å²) in [4.78, 5) is 42.9. The molecular weight excluding hydrogens is 312 g/mol. The van der Waals surface area contributed by atoms with Gasteiger partial charge >= 0.3 is 24.6 Å². The Labute approximate surface area is 121 Å². The highest BCUT2D eigenvalue weighted by Gasteiger charge is 2.81. The topological polar surface area (TPSA) is 186 Å². The minimum atomic E-state index is -2.41. The van der Waals surface area contributed by atoms with E-state index in [0.29, 0.717) is 0 Å². The Hall–Kier alpha value is -2.92. The van der Waals surface area contributed by atoms with Crippen molar-refractivity contribution < 1.29 is 58.6 Å². The number of carboxylic acid groups (broad SMARTS) is 4. The van der Waals surface area contributed by atoms with E-state index in [9.17, 15) is 19.2 Å². The van der Waals surface area contributed by atoms with E-state index in [0.717, 1.165) is 13.8 Å². The molecule has 0 aromatic heterocycles. The molecule has 0 saturated heterocycles. The first-order valence-corrected chi connectivity index (χ1v) is 5.55. The van der Waals surface area contributed by atoms with Crippen molar-refractivity contribution in [1.29, 1.82) is 0 Å². The van der Waals surface area contributed by atoms with Crippen LogP contribution in [0.5, 0.6) is 0 Å². The van der Waals surface area contributed by atoms with Gasteiger partial charge < -0.3 is 39.4 Å². The molecule has 1 saturated carbocycles. The second-order valence-electron chi connectivity index (χ2n) is 4.78. The first-order chi connectivity index (χ1) is 9.87. The lowest BCUT2D eigenvalue weighted by Gasteiger charge is -2.60. The van der Waals surface area contributed by atoms with Crippen molar-refractivity contribution in [3.63, 3.8) is 0 Å². The standard InChI is InChI=1S/C10H12O12/c1-8(2)9(19-4(11)12,20-5(13)14)3-10(8,21-6(15)16)22-7(17)18/h3H2,1-2H3,(H,11,12)(H,13,14)(H,15,16)(H,17,18). The van der Waals surface area contributed by atoms with Gasteiger partial charge in [0.15, 0.2) is 0 Å². The van der Waals surface area contributed by atoms with E-state index in [4.69, 9.17) is 20.4 Å². The summed E-state index contributed by atoms with van der Waals surface area (Å²) in [6.45, 7) is 2.13. The van der Waals surface area contributed by atoms with Gasteiger partial charge in [0.05, 0.1) is 0 Å². The summed E-state index contributed by atoms with van der Waals surface area (Å²) in [7, 11) is 0. The first-order valence-electron chi connectivity index (χ1n) is 5.55. The van der Waals surface area contributed by atoms with Crippen LogP contribution in [-0.4, -0.2) is 56.6 Å². The number of hydrogen-bond donors (Lipinski definition) is 4. The third kappa shape index (κ3) is 2.62. The predicted molar refractivity (Wildman–Crippen MR) is 60.3 cm³/mol. The van der Waals surface area contributed by atoms with Gasteiger partial charge in [0.2, 0.25) is 0 Å². The lowest BCUT2D eigenvalue weighted by atomic mass is 9.59. The zero-order valence-corrected chi connectivity index (χ0v) is 11.3. The Kier molecular flexibility index (Phi) is 3.99. The first kappa shape index (κ1) is 17.1. The van der Waals surface area contributed by atoms with Gasteiger partial charge in [-0.15, -0.1) is 0 Å². The lowest BCUT2D eigenvalue weighted by molar-refractivity contribution is -0.433. The Morgan fingerprint density at radius 1 is 0.682 bits per heavy atom. The van der Waals surface area contributed by atoms with Crippen molar-refractivity contribution in [2.75, 3.05) is 0 Å². The zero-order valence-electron chi connectivity index (χ0n) is 11.3. The summed E-state index contributed by atoms with van der Waals surface area (Å²) in [6.07, 6.45) is -8.63. The van der Waals surface area contributed by atoms with E-state index >= 15 is 0 Å². The Balaban J connectivity index is 3.25. The molecule has 22 heavy (non-hydrogen) atoms. The molecule has 0 aromatic carbocycles. The minimum Gasteiger partial charge on any atom is -0.450 e. The van der Waals surface area contributed by atoms with Crippen molar-refractivity contribution >= 4 is 24.6 Å². The molecule has 0 bridgehead atoms. The van der Waals surface area contributed by atoms with E-state index < -0.39 is 48.0 Å². The van der Waals surface area contributed by atoms with Crippen molar-refractivity contribution in [2.24, 2.45) is 5.41 Å².